The fraction of sp³-hybridized carbons (Fsp3) is 0.333. The molecular weight excluding hydrogens is 202 g/mol. The van der Waals surface area contributed by atoms with E-state index in [4.69, 9.17) is 4.74 Å². The van der Waals surface area contributed by atoms with Crippen LogP contribution in [0.15, 0.2) is 36.9 Å². The molecule has 4 nitrogen and oxygen atoms in total. The molecule has 0 atom stereocenters. The molecule has 16 heavy (non-hydrogen) atoms. The fourth-order valence-corrected chi connectivity index (χ4v) is 1.30. The Labute approximate surface area is 94.9 Å². The highest BCUT2D eigenvalue weighted by Crippen LogP contribution is 2.14. The van der Waals surface area contributed by atoms with E-state index in [0.29, 0.717) is 5.92 Å². The van der Waals surface area contributed by atoms with Gasteiger partial charge in [-0.1, -0.05) is 13.8 Å². The Morgan fingerprint density at radius 2 is 2.00 bits per heavy atom. The minimum Gasteiger partial charge on any atom is -0.493 e. The lowest BCUT2D eigenvalue weighted by molar-refractivity contribution is 0.271. The van der Waals surface area contributed by atoms with Crippen LogP contribution < -0.4 is 4.74 Å². The number of hydrogen-bond donors (Lipinski definition) is 0. The Morgan fingerprint density at radius 3 is 2.56 bits per heavy atom. The molecule has 84 valence electrons. The van der Waals surface area contributed by atoms with E-state index in [-0.39, 0.29) is 0 Å². The normalized spacial score (nSPS) is 10.7. The fourth-order valence-electron chi connectivity index (χ4n) is 1.30. The van der Waals surface area contributed by atoms with E-state index in [1.807, 2.05) is 24.3 Å². The van der Waals surface area contributed by atoms with Crippen LogP contribution in [-0.4, -0.2) is 21.4 Å². The van der Waals surface area contributed by atoms with Gasteiger partial charge in [0, 0.05) is 0 Å². The molecule has 0 saturated carbocycles. The molecule has 0 aliphatic heterocycles. The molecule has 2 rings (SSSR count). The van der Waals surface area contributed by atoms with Crippen LogP contribution in [0.3, 0.4) is 0 Å². The van der Waals surface area contributed by atoms with E-state index in [0.717, 1.165) is 18.0 Å². The molecule has 0 radical (unpaired) electrons. The third kappa shape index (κ3) is 2.59. The van der Waals surface area contributed by atoms with Gasteiger partial charge in [-0.15, -0.1) is 0 Å². The van der Waals surface area contributed by atoms with Gasteiger partial charge in [-0.2, -0.15) is 5.10 Å². The van der Waals surface area contributed by atoms with E-state index in [2.05, 4.69) is 23.9 Å². The Hall–Kier alpha value is -1.84. The van der Waals surface area contributed by atoms with E-state index < -0.39 is 0 Å². The molecule has 2 aromatic rings. The van der Waals surface area contributed by atoms with Crippen molar-refractivity contribution in [2.45, 2.75) is 13.8 Å². The van der Waals surface area contributed by atoms with Gasteiger partial charge in [0.2, 0.25) is 0 Å². The maximum atomic E-state index is 5.59. The first-order valence-corrected chi connectivity index (χ1v) is 5.33. The molecule has 0 saturated heterocycles. The van der Waals surface area contributed by atoms with Crippen molar-refractivity contribution in [2.75, 3.05) is 6.61 Å². The van der Waals surface area contributed by atoms with Crippen molar-refractivity contribution >= 4 is 0 Å². The molecule has 0 bridgehead atoms. The lowest BCUT2D eigenvalue weighted by atomic mass is 10.2. The highest BCUT2D eigenvalue weighted by Gasteiger charge is 1.99. The van der Waals surface area contributed by atoms with Crippen LogP contribution in [0, 0.1) is 5.92 Å². The number of ether oxygens (including phenoxy) is 1. The summed E-state index contributed by atoms with van der Waals surface area (Å²) in [6.45, 7) is 5.00. The minimum atomic E-state index is 0.537. The summed E-state index contributed by atoms with van der Waals surface area (Å²) in [5.74, 6) is 1.42. The van der Waals surface area contributed by atoms with Crippen molar-refractivity contribution in [3.05, 3.63) is 36.9 Å². The van der Waals surface area contributed by atoms with Crippen LogP contribution in [0.1, 0.15) is 13.8 Å². The Morgan fingerprint density at radius 1 is 1.25 bits per heavy atom. The summed E-state index contributed by atoms with van der Waals surface area (Å²) in [5, 5.41) is 4.06. The van der Waals surface area contributed by atoms with E-state index in [1.165, 1.54) is 6.33 Å². The predicted octanol–water partition coefficient (Wildman–Crippen LogP) is 2.30. The molecule has 0 aliphatic carbocycles. The zero-order valence-corrected chi connectivity index (χ0v) is 9.50. The molecule has 4 heteroatoms. The molecule has 1 aromatic carbocycles. The zero-order chi connectivity index (χ0) is 11.4. The first-order chi connectivity index (χ1) is 7.75. The second kappa shape index (κ2) is 4.79. The van der Waals surface area contributed by atoms with Gasteiger partial charge in [0.25, 0.3) is 0 Å². The second-order valence-electron chi connectivity index (χ2n) is 4.04. The average molecular weight is 217 g/mol. The summed E-state index contributed by atoms with van der Waals surface area (Å²) in [4.78, 5) is 3.90. The number of aromatic nitrogens is 3. The molecule has 0 amide bonds. The smallest absolute Gasteiger partial charge is 0.138 e. The average Bonchev–Trinajstić information content (AvgIpc) is 2.80. The van der Waals surface area contributed by atoms with Crippen LogP contribution in [0.4, 0.5) is 0 Å². The summed E-state index contributed by atoms with van der Waals surface area (Å²) in [6, 6.07) is 7.81. The van der Waals surface area contributed by atoms with Gasteiger partial charge in [0.05, 0.1) is 12.3 Å². The highest BCUT2D eigenvalue weighted by molar-refractivity contribution is 5.36. The van der Waals surface area contributed by atoms with Gasteiger partial charge in [-0.3, -0.25) is 0 Å². The molecule has 1 aromatic heterocycles. The monoisotopic (exact) mass is 217 g/mol. The van der Waals surface area contributed by atoms with Gasteiger partial charge in [0.15, 0.2) is 0 Å². The first-order valence-electron chi connectivity index (χ1n) is 5.33. The maximum absolute atomic E-state index is 5.59. The Kier molecular flexibility index (Phi) is 3.19. The lowest BCUT2D eigenvalue weighted by Crippen LogP contribution is -2.04. The third-order valence-corrected chi connectivity index (χ3v) is 2.10. The standard InChI is InChI=1S/C12H15N3O/c1-10(2)7-16-12-5-3-11(4-6-12)15-9-13-8-14-15/h3-6,8-10H,7H2,1-2H3. The molecular formula is C12H15N3O. The maximum Gasteiger partial charge on any atom is 0.138 e. The van der Waals surface area contributed by atoms with Crippen LogP contribution in [0.25, 0.3) is 5.69 Å². The van der Waals surface area contributed by atoms with Gasteiger partial charge >= 0.3 is 0 Å². The predicted molar refractivity (Wildman–Crippen MR) is 61.7 cm³/mol. The summed E-state index contributed by atoms with van der Waals surface area (Å²) >= 11 is 0. The number of hydrogen-bond acceptors (Lipinski definition) is 3. The molecule has 0 spiro atoms. The van der Waals surface area contributed by atoms with E-state index >= 15 is 0 Å². The summed E-state index contributed by atoms with van der Waals surface area (Å²) in [6.07, 6.45) is 3.19. The first kappa shape index (κ1) is 10.7. The third-order valence-electron chi connectivity index (χ3n) is 2.10. The van der Waals surface area contributed by atoms with Gasteiger partial charge in [0.1, 0.15) is 18.4 Å². The Bertz CT molecular complexity index is 420. The molecule has 0 aliphatic rings. The molecule has 0 N–H and O–H groups in total. The van der Waals surface area contributed by atoms with Crippen molar-refractivity contribution in [3.8, 4) is 11.4 Å². The van der Waals surface area contributed by atoms with Crippen LogP contribution in [0.5, 0.6) is 5.75 Å². The van der Waals surface area contributed by atoms with E-state index in [1.54, 1.807) is 11.0 Å². The van der Waals surface area contributed by atoms with Crippen molar-refractivity contribution < 1.29 is 4.74 Å². The molecule has 0 fully saturated rings. The second-order valence-corrected chi connectivity index (χ2v) is 4.04. The zero-order valence-electron chi connectivity index (χ0n) is 9.50. The van der Waals surface area contributed by atoms with Crippen LogP contribution in [-0.2, 0) is 0 Å². The van der Waals surface area contributed by atoms with Gasteiger partial charge in [-0.05, 0) is 30.2 Å². The van der Waals surface area contributed by atoms with Crippen molar-refractivity contribution in [2.24, 2.45) is 5.92 Å². The SMILES string of the molecule is CC(C)COc1ccc(-n2cncn2)cc1. The van der Waals surface area contributed by atoms with Crippen LogP contribution >= 0.6 is 0 Å². The van der Waals surface area contributed by atoms with Gasteiger partial charge < -0.3 is 4.74 Å². The lowest BCUT2D eigenvalue weighted by Gasteiger charge is -2.08. The van der Waals surface area contributed by atoms with Gasteiger partial charge in [-0.25, -0.2) is 9.67 Å². The quantitative estimate of drug-likeness (QED) is 0.789. The van der Waals surface area contributed by atoms with Crippen molar-refractivity contribution in [1.29, 1.82) is 0 Å². The minimum absolute atomic E-state index is 0.537. The van der Waals surface area contributed by atoms with Crippen molar-refractivity contribution in [1.82, 2.24) is 14.8 Å². The highest BCUT2D eigenvalue weighted by atomic mass is 16.5. The van der Waals surface area contributed by atoms with E-state index in [9.17, 15) is 0 Å². The number of nitrogens with zero attached hydrogens (tertiary/aromatic N) is 3. The number of rotatable bonds is 4. The van der Waals surface area contributed by atoms with Crippen molar-refractivity contribution in [3.63, 3.8) is 0 Å². The van der Waals surface area contributed by atoms with Crippen LogP contribution in [0.2, 0.25) is 0 Å². The largest absolute Gasteiger partial charge is 0.493 e. The summed E-state index contributed by atoms with van der Waals surface area (Å²) < 4.78 is 7.31. The summed E-state index contributed by atoms with van der Waals surface area (Å²) in [7, 11) is 0. The Balaban J connectivity index is 2.05. The number of benzene rings is 1. The molecule has 1 heterocycles. The molecule has 0 unspecified atom stereocenters. The topological polar surface area (TPSA) is 39.9 Å². The summed E-state index contributed by atoms with van der Waals surface area (Å²) in [5.41, 5.74) is 0.981.